The summed E-state index contributed by atoms with van der Waals surface area (Å²) in [6.45, 7) is 9.59. The molecule has 0 bridgehead atoms. The molecule has 24 heavy (non-hydrogen) atoms. The molecule has 0 radical (unpaired) electrons. The molecule has 0 aromatic heterocycles. The van der Waals surface area contributed by atoms with Crippen molar-refractivity contribution in [2.75, 3.05) is 0 Å². The number of fused-ring (bicyclic) bond motifs is 1. The van der Waals surface area contributed by atoms with Crippen molar-refractivity contribution in [1.82, 2.24) is 0 Å². The zero-order chi connectivity index (χ0) is 18.1. The van der Waals surface area contributed by atoms with Gasteiger partial charge in [-0.2, -0.15) is 0 Å². The van der Waals surface area contributed by atoms with Gasteiger partial charge in [-0.3, -0.25) is 0 Å². The number of aliphatic hydroxyl groups excluding tert-OH is 1. The molecule has 0 saturated heterocycles. The monoisotopic (exact) mass is 334 g/mol. The lowest BCUT2D eigenvalue weighted by molar-refractivity contribution is -0.249. The average molecular weight is 334 g/mol. The van der Waals surface area contributed by atoms with E-state index in [0.29, 0.717) is 12.0 Å². The third-order valence-corrected chi connectivity index (χ3v) is 5.63. The van der Waals surface area contributed by atoms with Gasteiger partial charge in [0.1, 0.15) is 0 Å². The van der Waals surface area contributed by atoms with Crippen LogP contribution in [0, 0.1) is 5.41 Å². The van der Waals surface area contributed by atoms with E-state index < -0.39 is 23.3 Å². The lowest BCUT2D eigenvalue weighted by Gasteiger charge is -2.46. The van der Waals surface area contributed by atoms with Gasteiger partial charge < -0.3 is 14.9 Å². The first-order chi connectivity index (χ1) is 11.1. The lowest BCUT2D eigenvalue weighted by Crippen LogP contribution is -2.52. The Bertz CT molecular complexity index is 609. The molecule has 1 aliphatic heterocycles. The number of carbonyl (C=O) groups excluding carboxylic acids is 1. The molecular weight excluding hydrogens is 304 g/mol. The van der Waals surface area contributed by atoms with E-state index in [1.54, 1.807) is 13.0 Å². The molecule has 1 saturated carbocycles. The van der Waals surface area contributed by atoms with Gasteiger partial charge in [0, 0.05) is 12.0 Å². The molecule has 4 heteroatoms. The van der Waals surface area contributed by atoms with E-state index in [4.69, 9.17) is 4.74 Å². The smallest absolute Gasteiger partial charge is 0.336 e. The second-order valence-corrected chi connectivity index (χ2v) is 7.65. The van der Waals surface area contributed by atoms with E-state index in [9.17, 15) is 15.0 Å². The third kappa shape index (κ3) is 3.35. The van der Waals surface area contributed by atoms with Crippen LogP contribution in [0.15, 0.2) is 34.4 Å². The second-order valence-electron chi connectivity index (χ2n) is 7.65. The molecule has 1 aliphatic carbocycles. The molecule has 3 atom stereocenters. The van der Waals surface area contributed by atoms with Crippen LogP contribution >= 0.6 is 0 Å². The van der Waals surface area contributed by atoms with E-state index in [0.717, 1.165) is 36.0 Å². The quantitative estimate of drug-likeness (QED) is 0.593. The number of aliphatic hydroxyl groups is 2. The number of hydrogen-bond acceptors (Lipinski definition) is 4. The molecule has 0 amide bonds. The van der Waals surface area contributed by atoms with Crippen molar-refractivity contribution in [1.29, 1.82) is 0 Å². The molecule has 134 valence electrons. The van der Waals surface area contributed by atoms with Crippen LogP contribution in [-0.4, -0.2) is 28.1 Å². The van der Waals surface area contributed by atoms with E-state index in [1.165, 1.54) is 0 Å². The van der Waals surface area contributed by atoms with Gasteiger partial charge in [-0.25, -0.2) is 4.79 Å². The van der Waals surface area contributed by atoms with Crippen molar-refractivity contribution < 1.29 is 19.7 Å². The Labute approximate surface area is 144 Å². The van der Waals surface area contributed by atoms with Crippen LogP contribution in [0.5, 0.6) is 0 Å². The van der Waals surface area contributed by atoms with Crippen LogP contribution in [0.3, 0.4) is 0 Å². The maximum atomic E-state index is 12.1. The van der Waals surface area contributed by atoms with Crippen molar-refractivity contribution in [3.63, 3.8) is 0 Å². The van der Waals surface area contributed by atoms with Crippen molar-refractivity contribution >= 4 is 5.97 Å². The summed E-state index contributed by atoms with van der Waals surface area (Å²) in [5.41, 5.74) is 3.07. The first-order valence-corrected chi connectivity index (χ1v) is 8.75. The summed E-state index contributed by atoms with van der Waals surface area (Å²) < 4.78 is 5.45. The van der Waals surface area contributed by atoms with Gasteiger partial charge in [-0.15, -0.1) is 0 Å². The number of allylic oxidation sites excluding steroid dienone is 1. The Balaban J connectivity index is 2.20. The van der Waals surface area contributed by atoms with Crippen molar-refractivity contribution in [3.8, 4) is 0 Å². The minimum atomic E-state index is -1.53. The minimum Gasteiger partial charge on any atom is -0.429 e. The normalized spacial score (nSPS) is 31.6. The van der Waals surface area contributed by atoms with Crippen LogP contribution in [-0.2, 0) is 9.53 Å². The maximum absolute atomic E-state index is 12.1. The summed E-state index contributed by atoms with van der Waals surface area (Å²) in [6, 6.07) is 0. The number of carbonyl (C=O) groups is 1. The predicted octanol–water partition coefficient (Wildman–Crippen LogP) is 3.79. The molecule has 4 nitrogen and oxygen atoms in total. The Morgan fingerprint density at radius 1 is 1.33 bits per heavy atom. The van der Waals surface area contributed by atoms with Gasteiger partial charge in [0.2, 0.25) is 5.79 Å². The summed E-state index contributed by atoms with van der Waals surface area (Å²) in [7, 11) is 0. The maximum Gasteiger partial charge on any atom is 0.336 e. The fourth-order valence-corrected chi connectivity index (χ4v) is 3.78. The predicted molar refractivity (Wildman–Crippen MR) is 94.1 cm³/mol. The fourth-order valence-electron chi connectivity index (χ4n) is 3.78. The number of ether oxygens (including phenoxy) is 1. The zero-order valence-electron chi connectivity index (χ0n) is 15.5. The van der Waals surface area contributed by atoms with Gasteiger partial charge in [-0.1, -0.05) is 17.7 Å². The Morgan fingerprint density at radius 3 is 2.62 bits per heavy atom. The molecule has 2 aliphatic rings. The van der Waals surface area contributed by atoms with Gasteiger partial charge in [0.05, 0.1) is 11.5 Å². The number of hydrogen-bond donors (Lipinski definition) is 2. The molecule has 0 spiro atoms. The van der Waals surface area contributed by atoms with Gasteiger partial charge in [0.15, 0.2) is 0 Å². The van der Waals surface area contributed by atoms with E-state index in [-0.39, 0.29) is 6.42 Å². The topological polar surface area (TPSA) is 66.8 Å². The highest BCUT2D eigenvalue weighted by atomic mass is 16.7. The van der Waals surface area contributed by atoms with Crippen LogP contribution in [0.2, 0.25) is 0 Å². The van der Waals surface area contributed by atoms with E-state index in [2.05, 4.69) is 0 Å². The van der Waals surface area contributed by atoms with Gasteiger partial charge >= 0.3 is 5.97 Å². The second kappa shape index (κ2) is 6.85. The molecule has 1 heterocycles. The third-order valence-electron chi connectivity index (χ3n) is 5.63. The number of esters is 1. The highest BCUT2D eigenvalue weighted by Crippen LogP contribution is 2.55. The van der Waals surface area contributed by atoms with Crippen molar-refractivity contribution in [2.24, 2.45) is 5.41 Å². The summed E-state index contributed by atoms with van der Waals surface area (Å²) in [5.74, 6) is -1.96. The fraction of sp³-hybridized carbons (Fsp3) is 0.650. The molecule has 1 unspecified atom stereocenters. The summed E-state index contributed by atoms with van der Waals surface area (Å²) in [5, 5.41) is 21.3. The molecule has 1 fully saturated rings. The molecule has 0 aromatic rings. The number of rotatable bonds is 5. The van der Waals surface area contributed by atoms with Crippen molar-refractivity contribution in [3.05, 3.63) is 34.4 Å². The van der Waals surface area contributed by atoms with Gasteiger partial charge in [-0.05, 0) is 71.4 Å². The molecule has 2 rings (SSSR count). The van der Waals surface area contributed by atoms with Gasteiger partial charge in [0.25, 0.3) is 0 Å². The molecular formula is C20H30O4. The molecule has 2 N–H and O–H groups in total. The average Bonchev–Trinajstić information content (AvgIpc) is 2.92. The first kappa shape index (κ1) is 18.9. The van der Waals surface area contributed by atoms with Crippen LogP contribution in [0.25, 0.3) is 0 Å². The minimum absolute atomic E-state index is 0.198. The van der Waals surface area contributed by atoms with Crippen LogP contribution in [0.1, 0.15) is 66.7 Å². The highest BCUT2D eigenvalue weighted by molar-refractivity contribution is 5.90. The Kier molecular flexibility index (Phi) is 5.41. The Hall–Kier alpha value is -1.39. The summed E-state index contributed by atoms with van der Waals surface area (Å²) in [6.07, 6.45) is 6.54. The van der Waals surface area contributed by atoms with E-state index in [1.807, 2.05) is 33.8 Å². The van der Waals surface area contributed by atoms with Crippen molar-refractivity contribution in [2.45, 2.75) is 78.6 Å². The molecule has 0 aromatic carbocycles. The van der Waals surface area contributed by atoms with Crippen LogP contribution < -0.4 is 0 Å². The zero-order valence-corrected chi connectivity index (χ0v) is 15.5. The first-order valence-electron chi connectivity index (χ1n) is 8.75. The van der Waals surface area contributed by atoms with Crippen LogP contribution in [0.4, 0.5) is 0 Å². The highest BCUT2D eigenvalue weighted by Gasteiger charge is 2.57. The lowest BCUT2D eigenvalue weighted by atomic mass is 9.71. The summed E-state index contributed by atoms with van der Waals surface area (Å²) >= 11 is 0. The SMILES string of the molecule is CC(C)=CCC(O)/C(C)=C/C[C@@]1(O)OC(=O)C(C)=C2CCC[C@@]21C. The standard InChI is InChI=1S/C20H30O4/c1-13(2)8-9-17(21)14(3)10-12-20(23)19(5)11-6-7-16(19)15(4)18(22)24-20/h8,10,17,21,23H,6-7,9,11-12H2,1-5H3/b14-10+/t17?,19-,20+/m0/s1. The Morgan fingerprint density at radius 2 is 2.00 bits per heavy atom. The van der Waals surface area contributed by atoms with E-state index >= 15 is 0 Å². The largest absolute Gasteiger partial charge is 0.429 e. The number of cyclic esters (lactones) is 1. The summed E-state index contributed by atoms with van der Waals surface area (Å²) in [4.78, 5) is 12.1.